The number of anilines is 2. The van der Waals surface area contributed by atoms with Gasteiger partial charge in [0.15, 0.2) is 0 Å². The van der Waals surface area contributed by atoms with Crippen LogP contribution in [0, 0.1) is 0 Å². The van der Waals surface area contributed by atoms with Gasteiger partial charge in [-0.3, -0.25) is 14.3 Å². The third-order valence-corrected chi connectivity index (χ3v) is 5.52. The zero-order valence-corrected chi connectivity index (χ0v) is 16.5. The Balaban J connectivity index is 1.79. The van der Waals surface area contributed by atoms with Crippen LogP contribution in [0.3, 0.4) is 0 Å². The quantitative estimate of drug-likeness (QED) is 0.555. The van der Waals surface area contributed by atoms with Gasteiger partial charge in [0.2, 0.25) is 5.91 Å². The van der Waals surface area contributed by atoms with Gasteiger partial charge in [-0.25, -0.2) is 8.42 Å². The number of nitrogens with two attached hydrogens (primary N) is 1. The van der Waals surface area contributed by atoms with Crippen LogP contribution in [0.15, 0.2) is 77.7 Å². The van der Waals surface area contributed by atoms with Crippen molar-refractivity contribution in [1.29, 1.82) is 0 Å². The minimum Gasteiger partial charge on any atom is -0.366 e. The number of halogens is 1. The van der Waals surface area contributed by atoms with Gasteiger partial charge < -0.3 is 11.1 Å². The van der Waals surface area contributed by atoms with E-state index < -0.39 is 21.8 Å². The molecule has 9 heteroatoms. The second kappa shape index (κ2) is 8.34. The molecule has 0 aliphatic heterocycles. The predicted molar refractivity (Wildman–Crippen MR) is 112 cm³/mol. The Morgan fingerprint density at radius 3 is 2.17 bits per heavy atom. The van der Waals surface area contributed by atoms with Crippen molar-refractivity contribution < 1.29 is 18.0 Å². The van der Waals surface area contributed by atoms with Crippen molar-refractivity contribution in [3.63, 3.8) is 0 Å². The Morgan fingerprint density at radius 2 is 1.52 bits per heavy atom. The minimum atomic E-state index is -3.91. The van der Waals surface area contributed by atoms with E-state index in [-0.39, 0.29) is 10.5 Å². The largest absolute Gasteiger partial charge is 0.366 e. The van der Waals surface area contributed by atoms with E-state index in [0.29, 0.717) is 22.0 Å². The zero-order chi connectivity index (χ0) is 21.0. The third-order valence-electron chi connectivity index (χ3n) is 3.91. The summed E-state index contributed by atoms with van der Waals surface area (Å²) in [5.74, 6) is -1.08. The maximum atomic E-state index is 12.6. The normalized spacial score (nSPS) is 10.9. The maximum Gasteiger partial charge on any atom is 0.261 e. The summed E-state index contributed by atoms with van der Waals surface area (Å²) >= 11 is 5.88. The van der Waals surface area contributed by atoms with Gasteiger partial charge in [-0.2, -0.15) is 0 Å². The number of sulfonamides is 1. The van der Waals surface area contributed by atoms with Crippen LogP contribution in [0.5, 0.6) is 0 Å². The number of amides is 2. The predicted octanol–water partition coefficient (Wildman–Crippen LogP) is 3.49. The number of nitrogens with one attached hydrogen (secondary N) is 2. The molecule has 0 radical (unpaired) electrons. The lowest BCUT2D eigenvalue weighted by molar-refractivity contribution is 0.0998. The fourth-order valence-corrected chi connectivity index (χ4v) is 3.78. The Bertz CT molecular complexity index is 1180. The van der Waals surface area contributed by atoms with E-state index in [2.05, 4.69) is 10.0 Å². The lowest BCUT2D eigenvalue weighted by atomic mass is 10.2. The Labute approximate surface area is 172 Å². The van der Waals surface area contributed by atoms with Gasteiger partial charge in [-0.15, -0.1) is 0 Å². The second-order valence-electron chi connectivity index (χ2n) is 6.04. The molecule has 3 aromatic rings. The van der Waals surface area contributed by atoms with Crippen LogP contribution in [0.25, 0.3) is 0 Å². The summed E-state index contributed by atoms with van der Waals surface area (Å²) in [7, 11) is -3.91. The number of hydrogen-bond donors (Lipinski definition) is 3. The number of carbonyl (C=O) groups is 2. The molecular weight excluding hydrogens is 414 g/mol. The van der Waals surface area contributed by atoms with Crippen molar-refractivity contribution in [2.75, 3.05) is 10.0 Å². The van der Waals surface area contributed by atoms with Crippen LogP contribution in [0.1, 0.15) is 20.7 Å². The highest BCUT2D eigenvalue weighted by atomic mass is 35.5. The van der Waals surface area contributed by atoms with E-state index in [1.165, 1.54) is 54.6 Å². The molecule has 0 aliphatic rings. The molecule has 0 saturated heterocycles. The first kappa shape index (κ1) is 20.4. The highest BCUT2D eigenvalue weighted by Gasteiger charge is 2.17. The van der Waals surface area contributed by atoms with Crippen molar-refractivity contribution in [3.8, 4) is 0 Å². The first-order valence-corrected chi connectivity index (χ1v) is 10.2. The van der Waals surface area contributed by atoms with Gasteiger partial charge in [0, 0.05) is 21.8 Å². The molecule has 0 atom stereocenters. The van der Waals surface area contributed by atoms with Crippen molar-refractivity contribution in [2.45, 2.75) is 4.90 Å². The van der Waals surface area contributed by atoms with E-state index >= 15 is 0 Å². The highest BCUT2D eigenvalue weighted by molar-refractivity contribution is 7.92. The molecule has 0 spiro atoms. The van der Waals surface area contributed by atoms with Crippen molar-refractivity contribution in [2.24, 2.45) is 5.73 Å². The maximum absolute atomic E-state index is 12.6. The first-order chi connectivity index (χ1) is 13.7. The molecule has 4 N–H and O–H groups in total. The molecular formula is C20H16ClN3O4S. The first-order valence-electron chi connectivity index (χ1n) is 8.34. The molecule has 0 heterocycles. The van der Waals surface area contributed by atoms with Gasteiger partial charge in [0.1, 0.15) is 0 Å². The van der Waals surface area contributed by atoms with Crippen LogP contribution in [-0.2, 0) is 10.0 Å². The summed E-state index contributed by atoms with van der Waals surface area (Å²) < 4.78 is 27.7. The van der Waals surface area contributed by atoms with Crippen LogP contribution in [0.4, 0.5) is 11.4 Å². The molecule has 0 aromatic heterocycles. The molecule has 0 fully saturated rings. The van der Waals surface area contributed by atoms with Gasteiger partial charge in [-0.1, -0.05) is 23.7 Å². The molecule has 0 unspecified atom stereocenters. The minimum absolute atomic E-state index is 0.0748. The van der Waals surface area contributed by atoms with Crippen molar-refractivity contribution >= 4 is 44.8 Å². The number of carbonyl (C=O) groups excluding carboxylic acids is 2. The molecule has 0 saturated carbocycles. The topological polar surface area (TPSA) is 118 Å². The average Bonchev–Trinajstić information content (AvgIpc) is 2.68. The second-order valence-corrected chi connectivity index (χ2v) is 8.16. The summed E-state index contributed by atoms with van der Waals surface area (Å²) in [6, 6.07) is 17.9. The van der Waals surface area contributed by atoms with E-state index in [1.54, 1.807) is 18.2 Å². The summed E-state index contributed by atoms with van der Waals surface area (Å²) in [5, 5.41) is 3.03. The number of primary amides is 1. The molecule has 2 amide bonds. The molecule has 0 aliphatic carbocycles. The Morgan fingerprint density at radius 1 is 0.828 bits per heavy atom. The monoisotopic (exact) mass is 429 g/mol. The lowest BCUT2D eigenvalue weighted by Gasteiger charge is -2.10. The zero-order valence-electron chi connectivity index (χ0n) is 14.9. The molecule has 3 aromatic carbocycles. The molecule has 29 heavy (non-hydrogen) atoms. The van der Waals surface area contributed by atoms with Gasteiger partial charge in [-0.05, 0) is 60.7 Å². The molecule has 7 nitrogen and oxygen atoms in total. The highest BCUT2D eigenvalue weighted by Crippen LogP contribution is 2.20. The summed E-state index contributed by atoms with van der Waals surface area (Å²) in [6.45, 7) is 0. The third kappa shape index (κ3) is 5.13. The number of benzene rings is 3. The Kier molecular flexibility index (Phi) is 5.86. The lowest BCUT2D eigenvalue weighted by Crippen LogP contribution is -2.16. The molecule has 148 valence electrons. The van der Waals surface area contributed by atoms with E-state index in [9.17, 15) is 18.0 Å². The van der Waals surface area contributed by atoms with Crippen LogP contribution >= 0.6 is 11.6 Å². The summed E-state index contributed by atoms with van der Waals surface area (Å²) in [4.78, 5) is 23.5. The number of hydrogen-bond acceptors (Lipinski definition) is 4. The fourth-order valence-electron chi connectivity index (χ4n) is 2.49. The average molecular weight is 430 g/mol. The van der Waals surface area contributed by atoms with Crippen LogP contribution in [-0.4, -0.2) is 20.2 Å². The van der Waals surface area contributed by atoms with Gasteiger partial charge in [0.05, 0.1) is 10.6 Å². The van der Waals surface area contributed by atoms with Crippen LogP contribution in [0.2, 0.25) is 5.02 Å². The van der Waals surface area contributed by atoms with E-state index in [0.717, 1.165) is 0 Å². The molecule has 3 rings (SSSR count). The van der Waals surface area contributed by atoms with E-state index in [1.807, 2.05) is 0 Å². The molecule has 0 bridgehead atoms. The van der Waals surface area contributed by atoms with Crippen LogP contribution < -0.4 is 15.8 Å². The van der Waals surface area contributed by atoms with Crippen molar-refractivity contribution in [1.82, 2.24) is 0 Å². The standard InChI is InChI=1S/C20H16ClN3O4S/c21-15-4-2-5-17(12-15)24-29(27,28)18-6-1-3-14(11-18)20(26)23-16-9-7-13(8-10-16)19(22)25/h1-12,24H,(H2,22,25)(H,23,26). The van der Waals surface area contributed by atoms with Crippen molar-refractivity contribution in [3.05, 3.63) is 88.9 Å². The smallest absolute Gasteiger partial charge is 0.261 e. The fraction of sp³-hybridized carbons (Fsp3) is 0. The van der Waals surface area contributed by atoms with Gasteiger partial charge >= 0.3 is 0 Å². The SMILES string of the molecule is NC(=O)c1ccc(NC(=O)c2cccc(S(=O)(=O)Nc3cccc(Cl)c3)c2)cc1. The summed E-state index contributed by atoms with van der Waals surface area (Å²) in [6.07, 6.45) is 0. The number of rotatable bonds is 6. The Hall–Kier alpha value is -3.36. The van der Waals surface area contributed by atoms with Gasteiger partial charge in [0.25, 0.3) is 15.9 Å². The van der Waals surface area contributed by atoms with E-state index in [4.69, 9.17) is 17.3 Å². The summed E-state index contributed by atoms with van der Waals surface area (Å²) in [5.41, 5.74) is 6.38.